The van der Waals surface area contributed by atoms with Crippen LogP contribution in [0.3, 0.4) is 0 Å². The molecule has 0 N–H and O–H groups in total. The summed E-state index contributed by atoms with van der Waals surface area (Å²) >= 11 is 1.55. The molecule has 126 valence electrons. The number of aromatic nitrogens is 3. The van der Waals surface area contributed by atoms with E-state index < -0.39 is 0 Å². The van der Waals surface area contributed by atoms with Crippen molar-refractivity contribution in [2.75, 3.05) is 0 Å². The molecule has 2 aromatic heterocycles. The molecule has 0 bridgehead atoms. The Kier molecular flexibility index (Phi) is 4.66. The molecule has 0 aliphatic carbocycles. The molecule has 3 aromatic rings. The van der Waals surface area contributed by atoms with Crippen molar-refractivity contribution in [1.82, 2.24) is 14.3 Å². The van der Waals surface area contributed by atoms with Gasteiger partial charge in [0.2, 0.25) is 0 Å². The number of para-hydroxylation sites is 1. The molecule has 1 aromatic carbocycles. The molecule has 0 aliphatic rings. The van der Waals surface area contributed by atoms with Crippen LogP contribution >= 0.6 is 11.3 Å². The maximum atomic E-state index is 12.5. The topological polar surface area (TPSA) is 52.2 Å². The van der Waals surface area contributed by atoms with Gasteiger partial charge in [-0.3, -0.25) is 9.48 Å². The molecule has 0 atom stereocenters. The van der Waals surface area contributed by atoms with Crippen LogP contribution in [0.4, 0.5) is 0 Å². The molecule has 2 heterocycles. The number of fused-ring (bicyclic) bond motifs is 1. The van der Waals surface area contributed by atoms with Crippen molar-refractivity contribution in [3.8, 4) is 0 Å². The average molecular weight is 342 g/mol. The zero-order valence-corrected chi connectivity index (χ0v) is 15.3. The first kappa shape index (κ1) is 16.6. The quantitative estimate of drug-likeness (QED) is 0.724. The number of rotatable bonds is 4. The highest BCUT2D eigenvalue weighted by atomic mass is 32.1. The highest BCUT2D eigenvalue weighted by molar-refractivity contribution is 7.16. The van der Waals surface area contributed by atoms with E-state index in [1.165, 1.54) is 11.1 Å². The van der Waals surface area contributed by atoms with Crippen LogP contribution < -0.4 is 4.80 Å². The Labute approximate surface area is 145 Å². The van der Waals surface area contributed by atoms with Crippen molar-refractivity contribution >= 4 is 27.5 Å². The summed E-state index contributed by atoms with van der Waals surface area (Å²) in [4.78, 5) is 17.6. The van der Waals surface area contributed by atoms with E-state index in [9.17, 15) is 4.79 Å². The van der Waals surface area contributed by atoms with Crippen molar-refractivity contribution in [2.24, 2.45) is 4.99 Å². The lowest BCUT2D eigenvalue weighted by molar-refractivity contribution is 0.0992. The normalized spacial score (nSPS) is 12.5. The summed E-state index contributed by atoms with van der Waals surface area (Å²) in [5.41, 5.74) is 2.86. The Balaban J connectivity index is 2.10. The molecule has 3 rings (SSSR count). The predicted octanol–water partition coefficient (Wildman–Crippen LogP) is 3.80. The number of hydrogen-bond acceptors (Lipinski definition) is 3. The number of carbonyl (C=O) groups excluding carboxylic acids is 1. The van der Waals surface area contributed by atoms with Crippen LogP contribution in [-0.4, -0.2) is 20.3 Å². The SMILES string of the molecule is CCc1cccc2sc(=NC(=O)c3ccn(C(C)C)n3)n(CC)c12. The van der Waals surface area contributed by atoms with Crippen LogP contribution in [0.5, 0.6) is 0 Å². The number of amides is 1. The minimum Gasteiger partial charge on any atom is -0.316 e. The van der Waals surface area contributed by atoms with E-state index in [-0.39, 0.29) is 11.9 Å². The molecule has 0 fully saturated rings. The lowest BCUT2D eigenvalue weighted by Crippen LogP contribution is -2.17. The fourth-order valence-corrected chi connectivity index (χ4v) is 3.89. The van der Waals surface area contributed by atoms with E-state index >= 15 is 0 Å². The fourth-order valence-electron chi connectivity index (χ4n) is 2.75. The van der Waals surface area contributed by atoms with Crippen molar-refractivity contribution in [2.45, 2.75) is 46.7 Å². The van der Waals surface area contributed by atoms with Crippen LogP contribution in [0.25, 0.3) is 10.2 Å². The van der Waals surface area contributed by atoms with E-state index in [1.807, 2.05) is 20.0 Å². The minimum absolute atomic E-state index is 0.226. The van der Waals surface area contributed by atoms with Gasteiger partial charge in [-0.15, -0.1) is 0 Å². The molecule has 0 saturated heterocycles. The lowest BCUT2D eigenvalue weighted by atomic mass is 10.1. The van der Waals surface area contributed by atoms with E-state index in [1.54, 1.807) is 22.1 Å². The second kappa shape index (κ2) is 6.73. The second-order valence-electron chi connectivity index (χ2n) is 5.94. The number of nitrogens with zero attached hydrogens (tertiary/aromatic N) is 4. The minimum atomic E-state index is -0.291. The fraction of sp³-hybridized carbons (Fsp3) is 0.389. The molecular formula is C18H22N4OS. The Morgan fingerprint density at radius 1 is 1.29 bits per heavy atom. The Hall–Kier alpha value is -2.21. The number of aryl methyl sites for hydroxylation is 2. The van der Waals surface area contributed by atoms with E-state index in [0.29, 0.717) is 5.69 Å². The van der Waals surface area contributed by atoms with Crippen molar-refractivity contribution in [3.63, 3.8) is 0 Å². The van der Waals surface area contributed by atoms with E-state index in [0.717, 1.165) is 22.5 Å². The summed E-state index contributed by atoms with van der Waals surface area (Å²) in [6.45, 7) is 9.07. The Bertz CT molecular complexity index is 945. The molecule has 0 spiro atoms. The van der Waals surface area contributed by atoms with Gasteiger partial charge in [0.15, 0.2) is 10.5 Å². The number of thiazole rings is 1. The first-order chi connectivity index (χ1) is 11.5. The van der Waals surface area contributed by atoms with Gasteiger partial charge in [-0.25, -0.2) is 0 Å². The van der Waals surface area contributed by atoms with Gasteiger partial charge in [0.05, 0.1) is 10.2 Å². The molecule has 1 amide bonds. The van der Waals surface area contributed by atoms with E-state index in [4.69, 9.17) is 0 Å². The zero-order valence-electron chi connectivity index (χ0n) is 14.5. The first-order valence-corrected chi connectivity index (χ1v) is 9.12. The third kappa shape index (κ3) is 2.94. The smallest absolute Gasteiger partial charge is 0.300 e. The van der Waals surface area contributed by atoms with Gasteiger partial charge in [-0.1, -0.05) is 30.4 Å². The second-order valence-corrected chi connectivity index (χ2v) is 6.95. The summed E-state index contributed by atoms with van der Waals surface area (Å²) in [5, 5.41) is 4.32. The monoisotopic (exact) mass is 342 g/mol. The van der Waals surface area contributed by atoms with Gasteiger partial charge in [-0.2, -0.15) is 10.1 Å². The highest BCUT2D eigenvalue weighted by Gasteiger charge is 2.13. The molecule has 6 heteroatoms. The predicted molar refractivity (Wildman–Crippen MR) is 97.4 cm³/mol. The van der Waals surface area contributed by atoms with E-state index in [2.05, 4.69) is 46.7 Å². The zero-order chi connectivity index (χ0) is 17.3. The lowest BCUT2D eigenvalue weighted by Gasteiger charge is -2.05. The summed E-state index contributed by atoms with van der Waals surface area (Å²) in [7, 11) is 0. The van der Waals surface area contributed by atoms with Gasteiger partial charge in [0.1, 0.15) is 0 Å². The van der Waals surface area contributed by atoms with Gasteiger partial charge >= 0.3 is 0 Å². The largest absolute Gasteiger partial charge is 0.316 e. The highest BCUT2D eigenvalue weighted by Crippen LogP contribution is 2.22. The first-order valence-electron chi connectivity index (χ1n) is 8.30. The van der Waals surface area contributed by atoms with Crippen LogP contribution in [0, 0.1) is 0 Å². The summed E-state index contributed by atoms with van der Waals surface area (Å²) in [5.74, 6) is -0.291. The summed E-state index contributed by atoms with van der Waals surface area (Å²) in [6.07, 6.45) is 2.78. The maximum absolute atomic E-state index is 12.5. The summed E-state index contributed by atoms with van der Waals surface area (Å²) < 4.78 is 5.06. The van der Waals surface area contributed by atoms with Gasteiger partial charge < -0.3 is 4.57 Å². The van der Waals surface area contributed by atoms with Crippen LogP contribution in [0.2, 0.25) is 0 Å². The van der Waals surface area contributed by atoms with Crippen LogP contribution in [-0.2, 0) is 13.0 Å². The third-order valence-electron chi connectivity index (χ3n) is 4.04. The summed E-state index contributed by atoms with van der Waals surface area (Å²) in [6, 6.07) is 8.24. The molecule has 0 unspecified atom stereocenters. The molecule has 0 radical (unpaired) electrons. The molecular weight excluding hydrogens is 320 g/mol. The van der Waals surface area contributed by atoms with Gasteiger partial charge in [0, 0.05) is 18.8 Å². The van der Waals surface area contributed by atoms with Crippen molar-refractivity contribution in [3.05, 3.63) is 46.5 Å². The Morgan fingerprint density at radius 3 is 2.71 bits per heavy atom. The van der Waals surface area contributed by atoms with Gasteiger partial charge in [0.25, 0.3) is 5.91 Å². The molecule has 0 aliphatic heterocycles. The number of benzene rings is 1. The maximum Gasteiger partial charge on any atom is 0.300 e. The van der Waals surface area contributed by atoms with Crippen LogP contribution in [0.1, 0.15) is 49.8 Å². The van der Waals surface area contributed by atoms with Gasteiger partial charge in [-0.05, 0) is 44.9 Å². The number of carbonyl (C=O) groups is 1. The molecule has 5 nitrogen and oxygen atoms in total. The molecule has 0 saturated carbocycles. The average Bonchev–Trinajstić information content (AvgIpc) is 3.18. The van der Waals surface area contributed by atoms with Crippen molar-refractivity contribution in [1.29, 1.82) is 0 Å². The standard InChI is InChI=1S/C18H22N4OS/c1-5-13-8-7-9-15-16(13)21(6-2)18(24-15)19-17(23)14-10-11-22(20-14)12(3)4/h7-12H,5-6H2,1-4H3. The third-order valence-corrected chi connectivity index (χ3v) is 5.08. The van der Waals surface area contributed by atoms with Crippen molar-refractivity contribution < 1.29 is 4.79 Å². The molecule has 24 heavy (non-hydrogen) atoms. The van der Waals surface area contributed by atoms with Crippen LogP contribution in [0.15, 0.2) is 35.5 Å². The number of hydrogen-bond donors (Lipinski definition) is 0. The Morgan fingerprint density at radius 2 is 2.08 bits per heavy atom.